The second-order valence-electron chi connectivity index (χ2n) is 5.79. The fraction of sp³-hybridized carbons (Fsp3) is 0.588. The summed E-state index contributed by atoms with van der Waals surface area (Å²) in [5.74, 6) is -0.0491. The highest BCUT2D eigenvalue weighted by Crippen LogP contribution is 2.48. The van der Waals surface area contributed by atoms with Gasteiger partial charge in [0.25, 0.3) is 0 Å². The van der Waals surface area contributed by atoms with Gasteiger partial charge in [-0.25, -0.2) is 0 Å². The fourth-order valence-corrected chi connectivity index (χ4v) is 3.56. The van der Waals surface area contributed by atoms with Crippen LogP contribution in [0, 0.1) is 0 Å². The molecule has 108 valence electrons. The van der Waals surface area contributed by atoms with Crippen molar-refractivity contribution < 1.29 is 9.53 Å². The molecule has 3 rings (SSSR count). The second kappa shape index (κ2) is 5.96. The minimum atomic E-state index is -0.0551. The van der Waals surface area contributed by atoms with Gasteiger partial charge in [-0.1, -0.05) is 49.6 Å². The van der Waals surface area contributed by atoms with Crippen LogP contribution >= 0.6 is 0 Å². The highest BCUT2D eigenvalue weighted by Gasteiger charge is 2.57. The van der Waals surface area contributed by atoms with E-state index in [0.717, 1.165) is 0 Å². The van der Waals surface area contributed by atoms with Gasteiger partial charge in [-0.2, -0.15) is 0 Å². The minimum Gasteiger partial charge on any atom is -0.465 e. The van der Waals surface area contributed by atoms with Gasteiger partial charge in [0.2, 0.25) is 0 Å². The van der Waals surface area contributed by atoms with Crippen LogP contribution in [0.4, 0.5) is 0 Å². The molecule has 1 saturated carbocycles. The Balaban J connectivity index is 1.77. The number of ether oxygens (including phenoxy) is 1. The Hall–Kier alpha value is -1.35. The molecule has 0 bridgehead atoms. The first-order valence-corrected chi connectivity index (χ1v) is 7.82. The van der Waals surface area contributed by atoms with Crippen LogP contribution in [0.1, 0.15) is 50.6 Å². The van der Waals surface area contributed by atoms with Crippen molar-refractivity contribution >= 4 is 5.97 Å². The van der Waals surface area contributed by atoms with Gasteiger partial charge in [0.05, 0.1) is 12.6 Å². The molecule has 0 aromatic heterocycles. The van der Waals surface area contributed by atoms with Crippen LogP contribution in [-0.4, -0.2) is 29.6 Å². The number of rotatable bonds is 4. The summed E-state index contributed by atoms with van der Waals surface area (Å²) in [7, 11) is 0. The Morgan fingerprint density at radius 3 is 2.55 bits per heavy atom. The Morgan fingerprint density at radius 2 is 1.90 bits per heavy atom. The highest BCUT2D eigenvalue weighted by atomic mass is 16.5. The molecule has 0 amide bonds. The average Bonchev–Trinajstić information content (AvgIpc) is 3.25. The van der Waals surface area contributed by atoms with Gasteiger partial charge in [0, 0.05) is 6.04 Å². The molecular formula is C17H23NO2. The Kier molecular flexibility index (Phi) is 4.06. The molecular weight excluding hydrogens is 250 g/mol. The van der Waals surface area contributed by atoms with Gasteiger partial charge in [-0.3, -0.25) is 9.69 Å². The van der Waals surface area contributed by atoms with E-state index in [1.165, 1.54) is 37.7 Å². The van der Waals surface area contributed by atoms with E-state index in [4.69, 9.17) is 4.74 Å². The van der Waals surface area contributed by atoms with Gasteiger partial charge >= 0.3 is 5.97 Å². The summed E-state index contributed by atoms with van der Waals surface area (Å²) >= 11 is 0. The maximum atomic E-state index is 12.2. The van der Waals surface area contributed by atoms with Crippen molar-refractivity contribution in [2.24, 2.45) is 0 Å². The summed E-state index contributed by atoms with van der Waals surface area (Å²) in [5, 5.41) is 0. The first-order chi connectivity index (χ1) is 9.83. The van der Waals surface area contributed by atoms with E-state index >= 15 is 0 Å². The molecule has 3 nitrogen and oxygen atoms in total. The molecule has 1 unspecified atom stereocenters. The molecule has 3 heteroatoms. The average molecular weight is 273 g/mol. The smallest absolute Gasteiger partial charge is 0.325 e. The highest BCUT2D eigenvalue weighted by molar-refractivity contribution is 5.81. The molecule has 1 saturated heterocycles. The molecule has 3 atom stereocenters. The molecule has 0 spiro atoms. The Morgan fingerprint density at radius 1 is 1.20 bits per heavy atom. The summed E-state index contributed by atoms with van der Waals surface area (Å²) in [6, 6.07) is 11.1. The topological polar surface area (TPSA) is 29.3 Å². The van der Waals surface area contributed by atoms with Crippen molar-refractivity contribution in [1.29, 1.82) is 0 Å². The summed E-state index contributed by atoms with van der Waals surface area (Å²) in [4.78, 5) is 14.6. The van der Waals surface area contributed by atoms with Crippen LogP contribution < -0.4 is 0 Å². The number of hydrogen-bond donors (Lipinski definition) is 0. The van der Waals surface area contributed by atoms with Crippen molar-refractivity contribution in [2.45, 2.75) is 57.2 Å². The zero-order chi connectivity index (χ0) is 13.9. The normalized spacial score (nSPS) is 29.9. The van der Waals surface area contributed by atoms with Crippen LogP contribution in [0.2, 0.25) is 0 Å². The lowest BCUT2D eigenvalue weighted by atomic mass is 9.95. The number of benzene rings is 1. The molecule has 2 aliphatic rings. The van der Waals surface area contributed by atoms with Gasteiger partial charge in [-0.15, -0.1) is 0 Å². The fourth-order valence-electron chi connectivity index (χ4n) is 3.56. The van der Waals surface area contributed by atoms with Gasteiger partial charge in [0.15, 0.2) is 0 Å². The van der Waals surface area contributed by atoms with E-state index in [0.29, 0.717) is 12.6 Å². The van der Waals surface area contributed by atoms with Gasteiger partial charge < -0.3 is 4.74 Å². The molecule has 0 N–H and O–H groups in total. The summed E-state index contributed by atoms with van der Waals surface area (Å²) in [6.45, 7) is 2.35. The summed E-state index contributed by atoms with van der Waals surface area (Å²) in [5.41, 5.74) is 1.25. The number of esters is 1. The van der Waals surface area contributed by atoms with Crippen LogP contribution in [0.3, 0.4) is 0 Å². The van der Waals surface area contributed by atoms with Gasteiger partial charge in [0.1, 0.15) is 6.04 Å². The van der Waals surface area contributed by atoms with Gasteiger partial charge in [-0.05, 0) is 25.3 Å². The van der Waals surface area contributed by atoms with Crippen LogP contribution in [0.15, 0.2) is 30.3 Å². The van der Waals surface area contributed by atoms with Crippen LogP contribution in [0.5, 0.6) is 0 Å². The zero-order valence-corrected chi connectivity index (χ0v) is 12.1. The van der Waals surface area contributed by atoms with E-state index in [-0.39, 0.29) is 18.1 Å². The number of carbonyl (C=O) groups is 1. The van der Waals surface area contributed by atoms with Crippen molar-refractivity contribution in [3.63, 3.8) is 0 Å². The molecule has 1 aromatic carbocycles. The predicted molar refractivity (Wildman–Crippen MR) is 78.3 cm³/mol. The van der Waals surface area contributed by atoms with Crippen molar-refractivity contribution in [2.75, 3.05) is 6.61 Å². The molecule has 0 radical (unpaired) electrons. The maximum Gasteiger partial charge on any atom is 0.325 e. The Labute approximate surface area is 120 Å². The number of carbonyl (C=O) groups excluding carboxylic acids is 1. The molecule has 20 heavy (non-hydrogen) atoms. The van der Waals surface area contributed by atoms with E-state index in [1.54, 1.807) is 0 Å². The lowest BCUT2D eigenvalue weighted by molar-refractivity contribution is -0.143. The second-order valence-corrected chi connectivity index (χ2v) is 5.79. The molecule has 1 aliphatic carbocycles. The molecule has 1 aliphatic heterocycles. The number of hydrogen-bond acceptors (Lipinski definition) is 3. The standard InChI is InChI=1S/C17H23NO2/c1-2-20-17(19)16-15(13-9-5-3-6-10-13)18(16)14-11-7-4-8-12-14/h3,5-6,9-10,14-16H,2,4,7-8,11-12H2,1H3/t15-,16-,18?/m1/s1. The third-order valence-electron chi connectivity index (χ3n) is 4.52. The summed E-state index contributed by atoms with van der Waals surface area (Å²) < 4.78 is 5.26. The maximum absolute atomic E-state index is 12.2. The van der Waals surface area contributed by atoms with Crippen molar-refractivity contribution in [3.05, 3.63) is 35.9 Å². The van der Waals surface area contributed by atoms with Crippen LogP contribution in [-0.2, 0) is 9.53 Å². The lowest BCUT2D eigenvalue weighted by Crippen LogP contribution is -2.26. The zero-order valence-electron chi connectivity index (χ0n) is 12.1. The Bertz CT molecular complexity index is 453. The van der Waals surface area contributed by atoms with E-state index < -0.39 is 0 Å². The van der Waals surface area contributed by atoms with E-state index in [9.17, 15) is 4.79 Å². The van der Waals surface area contributed by atoms with Crippen molar-refractivity contribution in [3.8, 4) is 0 Å². The first kappa shape index (κ1) is 13.6. The first-order valence-electron chi connectivity index (χ1n) is 7.82. The predicted octanol–water partition coefficient (Wildman–Crippen LogP) is 3.31. The van der Waals surface area contributed by atoms with Crippen molar-refractivity contribution in [1.82, 2.24) is 4.90 Å². The lowest BCUT2D eigenvalue weighted by Gasteiger charge is -2.24. The SMILES string of the molecule is CCOC(=O)[C@H]1[C@@H](c2ccccc2)N1C1CCCCC1. The molecule has 2 fully saturated rings. The minimum absolute atomic E-state index is 0.0491. The molecule has 1 heterocycles. The van der Waals surface area contributed by atoms with E-state index in [2.05, 4.69) is 29.2 Å². The molecule has 1 aromatic rings. The summed E-state index contributed by atoms with van der Waals surface area (Å²) in [6.07, 6.45) is 6.36. The monoisotopic (exact) mass is 273 g/mol. The van der Waals surface area contributed by atoms with Crippen LogP contribution in [0.25, 0.3) is 0 Å². The quantitative estimate of drug-likeness (QED) is 0.622. The largest absolute Gasteiger partial charge is 0.465 e. The third-order valence-corrected chi connectivity index (χ3v) is 4.52. The van der Waals surface area contributed by atoms with E-state index in [1.807, 2.05) is 13.0 Å². The number of nitrogens with zero attached hydrogens (tertiary/aromatic N) is 1. The third kappa shape index (κ3) is 2.59.